The number of ether oxygens (including phenoxy) is 2. The van der Waals surface area contributed by atoms with E-state index in [4.69, 9.17) is 9.47 Å². The first-order valence-electron chi connectivity index (χ1n) is 9.14. The van der Waals surface area contributed by atoms with E-state index in [1.54, 1.807) is 12.1 Å². The summed E-state index contributed by atoms with van der Waals surface area (Å²) in [5.41, 5.74) is 3.62. The van der Waals surface area contributed by atoms with Crippen LogP contribution in [0, 0.1) is 6.92 Å². The van der Waals surface area contributed by atoms with E-state index < -0.39 is 0 Å². The Labute approximate surface area is 155 Å². The molecule has 0 bridgehead atoms. The number of nitrogens with zero attached hydrogens (tertiary/aromatic N) is 1. The van der Waals surface area contributed by atoms with Gasteiger partial charge >= 0.3 is 0 Å². The Balaban J connectivity index is 1.86. The lowest BCUT2D eigenvalue weighted by Crippen LogP contribution is -2.21. The molecular formula is C22H25NO3. The minimum atomic E-state index is -0.0756. The smallest absolute Gasteiger partial charge is 0.232 e. The summed E-state index contributed by atoms with van der Waals surface area (Å²) in [6, 6.07) is 11.8. The zero-order chi connectivity index (χ0) is 18.7. The molecule has 4 nitrogen and oxygen atoms in total. The number of aryl methyl sites for hydroxylation is 1. The molecule has 0 aliphatic carbocycles. The van der Waals surface area contributed by atoms with Gasteiger partial charge in [0.2, 0.25) is 5.78 Å². The summed E-state index contributed by atoms with van der Waals surface area (Å²) in [7, 11) is 0. The molecule has 1 aliphatic rings. The molecule has 2 aromatic carbocycles. The lowest BCUT2D eigenvalue weighted by atomic mass is 10.0. The SMILES string of the molecule is CCOc1cc(C)c2c(c1)O/C(=C\c1ccc(N(CC)CC)cc1)C2=O. The van der Waals surface area contributed by atoms with Crippen molar-refractivity contribution in [3.05, 3.63) is 58.8 Å². The van der Waals surface area contributed by atoms with Crippen molar-refractivity contribution < 1.29 is 14.3 Å². The molecule has 0 unspecified atom stereocenters. The van der Waals surface area contributed by atoms with Crippen LogP contribution in [0.25, 0.3) is 6.08 Å². The van der Waals surface area contributed by atoms with Crippen LogP contribution in [-0.4, -0.2) is 25.5 Å². The number of hydrogen-bond donors (Lipinski definition) is 0. The standard InChI is InChI=1S/C22H25NO3/c1-5-23(6-2)17-10-8-16(9-11-17)13-20-22(24)21-15(4)12-18(25-7-3)14-19(21)26-20/h8-14H,5-7H2,1-4H3/b20-13-. The average Bonchev–Trinajstić information content (AvgIpc) is 2.94. The normalized spacial score (nSPS) is 14.3. The van der Waals surface area contributed by atoms with Crippen molar-refractivity contribution in [3.63, 3.8) is 0 Å². The highest BCUT2D eigenvalue weighted by Gasteiger charge is 2.29. The van der Waals surface area contributed by atoms with Crippen molar-refractivity contribution in [2.75, 3.05) is 24.6 Å². The fourth-order valence-electron chi connectivity index (χ4n) is 3.25. The second-order valence-corrected chi connectivity index (χ2v) is 6.25. The fraction of sp³-hybridized carbons (Fsp3) is 0.318. The van der Waals surface area contributed by atoms with Crippen molar-refractivity contribution in [2.45, 2.75) is 27.7 Å². The Morgan fingerprint density at radius 1 is 1.08 bits per heavy atom. The van der Waals surface area contributed by atoms with Gasteiger partial charge in [-0.2, -0.15) is 0 Å². The largest absolute Gasteiger partial charge is 0.494 e. The van der Waals surface area contributed by atoms with E-state index in [9.17, 15) is 4.79 Å². The topological polar surface area (TPSA) is 38.8 Å². The number of anilines is 1. The first-order chi connectivity index (χ1) is 12.6. The summed E-state index contributed by atoms with van der Waals surface area (Å²) >= 11 is 0. The number of rotatable bonds is 6. The van der Waals surface area contributed by atoms with Crippen LogP contribution in [0.1, 0.15) is 42.3 Å². The zero-order valence-corrected chi connectivity index (χ0v) is 15.8. The molecule has 4 heteroatoms. The van der Waals surface area contributed by atoms with Gasteiger partial charge in [-0.05, 0) is 63.1 Å². The number of Topliss-reactive ketones (excluding diaryl/α,β-unsaturated/α-hetero) is 1. The predicted octanol–water partition coefficient (Wildman–Crippen LogP) is 4.86. The van der Waals surface area contributed by atoms with Gasteiger partial charge in [-0.1, -0.05) is 12.1 Å². The predicted molar refractivity (Wildman–Crippen MR) is 105 cm³/mol. The molecule has 0 saturated heterocycles. The third-order valence-corrected chi connectivity index (χ3v) is 4.57. The van der Waals surface area contributed by atoms with E-state index in [0.29, 0.717) is 23.7 Å². The van der Waals surface area contributed by atoms with Crippen LogP contribution >= 0.6 is 0 Å². The summed E-state index contributed by atoms with van der Waals surface area (Å²) in [6.45, 7) is 10.6. The van der Waals surface area contributed by atoms with Crippen LogP contribution in [0.15, 0.2) is 42.2 Å². The van der Waals surface area contributed by atoms with Gasteiger partial charge < -0.3 is 14.4 Å². The highest BCUT2D eigenvalue weighted by atomic mass is 16.5. The van der Waals surface area contributed by atoms with Gasteiger partial charge in [0.05, 0.1) is 12.2 Å². The fourth-order valence-corrected chi connectivity index (χ4v) is 3.25. The van der Waals surface area contributed by atoms with Crippen LogP contribution in [0.2, 0.25) is 0 Å². The first kappa shape index (κ1) is 18.1. The third-order valence-electron chi connectivity index (χ3n) is 4.57. The van der Waals surface area contributed by atoms with E-state index >= 15 is 0 Å². The van der Waals surface area contributed by atoms with Crippen LogP contribution in [-0.2, 0) is 0 Å². The minimum Gasteiger partial charge on any atom is -0.494 e. The molecule has 0 N–H and O–H groups in total. The molecule has 0 aromatic heterocycles. The van der Waals surface area contributed by atoms with Crippen molar-refractivity contribution >= 4 is 17.5 Å². The summed E-state index contributed by atoms with van der Waals surface area (Å²) in [5, 5.41) is 0. The number of carbonyl (C=O) groups excluding carboxylic acids is 1. The lowest BCUT2D eigenvalue weighted by molar-refractivity contribution is 0.101. The molecule has 0 fully saturated rings. The summed E-state index contributed by atoms with van der Waals surface area (Å²) in [4.78, 5) is 15.0. The van der Waals surface area contributed by atoms with Crippen molar-refractivity contribution in [2.24, 2.45) is 0 Å². The number of benzene rings is 2. The summed E-state index contributed by atoms with van der Waals surface area (Å²) in [5.74, 6) is 1.58. The van der Waals surface area contributed by atoms with Crippen molar-refractivity contribution in [1.29, 1.82) is 0 Å². The second-order valence-electron chi connectivity index (χ2n) is 6.25. The molecule has 2 aromatic rings. The Kier molecular flexibility index (Phi) is 5.31. The van der Waals surface area contributed by atoms with E-state index in [1.165, 1.54) is 5.69 Å². The molecule has 0 amide bonds. The highest BCUT2D eigenvalue weighted by Crippen LogP contribution is 2.37. The minimum absolute atomic E-state index is 0.0756. The van der Waals surface area contributed by atoms with Gasteiger partial charge in [0.25, 0.3) is 0 Å². The Bertz CT molecular complexity index is 833. The zero-order valence-electron chi connectivity index (χ0n) is 15.8. The Morgan fingerprint density at radius 3 is 2.38 bits per heavy atom. The van der Waals surface area contributed by atoms with Crippen LogP contribution in [0.4, 0.5) is 5.69 Å². The van der Waals surface area contributed by atoms with Gasteiger partial charge in [-0.3, -0.25) is 4.79 Å². The molecule has 0 spiro atoms. The molecule has 1 heterocycles. The van der Waals surface area contributed by atoms with E-state index in [1.807, 2.05) is 32.0 Å². The number of allylic oxidation sites excluding steroid dienone is 1. The molecule has 136 valence electrons. The molecule has 0 atom stereocenters. The third kappa shape index (κ3) is 3.45. The highest BCUT2D eigenvalue weighted by molar-refractivity contribution is 6.15. The first-order valence-corrected chi connectivity index (χ1v) is 9.14. The molecule has 0 radical (unpaired) electrons. The number of fused-ring (bicyclic) bond motifs is 1. The van der Waals surface area contributed by atoms with Gasteiger partial charge in [0.1, 0.15) is 11.5 Å². The van der Waals surface area contributed by atoms with E-state index in [2.05, 4.69) is 30.9 Å². The molecule has 3 rings (SSSR count). The van der Waals surface area contributed by atoms with E-state index in [-0.39, 0.29) is 5.78 Å². The number of carbonyl (C=O) groups is 1. The Hall–Kier alpha value is -2.75. The molecular weight excluding hydrogens is 326 g/mol. The molecule has 26 heavy (non-hydrogen) atoms. The summed E-state index contributed by atoms with van der Waals surface area (Å²) in [6.07, 6.45) is 1.80. The lowest BCUT2D eigenvalue weighted by Gasteiger charge is -2.20. The maximum atomic E-state index is 12.7. The van der Waals surface area contributed by atoms with Gasteiger partial charge in [-0.25, -0.2) is 0 Å². The van der Waals surface area contributed by atoms with Crippen LogP contribution in [0.5, 0.6) is 11.5 Å². The van der Waals surface area contributed by atoms with Crippen LogP contribution in [0.3, 0.4) is 0 Å². The second kappa shape index (κ2) is 7.65. The van der Waals surface area contributed by atoms with Crippen molar-refractivity contribution in [1.82, 2.24) is 0 Å². The number of ketones is 1. The monoisotopic (exact) mass is 351 g/mol. The van der Waals surface area contributed by atoms with Gasteiger partial charge in [0, 0.05) is 24.8 Å². The van der Waals surface area contributed by atoms with Crippen LogP contribution < -0.4 is 14.4 Å². The Morgan fingerprint density at radius 2 is 1.77 bits per heavy atom. The quantitative estimate of drug-likeness (QED) is 0.697. The molecule has 1 aliphatic heterocycles. The van der Waals surface area contributed by atoms with Gasteiger partial charge in [-0.15, -0.1) is 0 Å². The maximum absolute atomic E-state index is 12.7. The summed E-state index contributed by atoms with van der Waals surface area (Å²) < 4.78 is 11.4. The molecule has 0 saturated carbocycles. The van der Waals surface area contributed by atoms with Crippen molar-refractivity contribution in [3.8, 4) is 11.5 Å². The van der Waals surface area contributed by atoms with Gasteiger partial charge in [0.15, 0.2) is 5.76 Å². The van der Waals surface area contributed by atoms with E-state index in [0.717, 1.165) is 30.0 Å². The number of hydrogen-bond acceptors (Lipinski definition) is 4. The maximum Gasteiger partial charge on any atom is 0.232 e. The average molecular weight is 351 g/mol.